The molecule has 0 radical (unpaired) electrons. The number of ether oxygens (including phenoxy) is 1. The summed E-state index contributed by atoms with van der Waals surface area (Å²) < 4.78 is 18.3. The molecule has 7 heteroatoms. The number of carbonyl (C=O) groups is 2. The Hall–Kier alpha value is -1.95. The third-order valence-corrected chi connectivity index (χ3v) is 2.77. The van der Waals surface area contributed by atoms with Crippen molar-refractivity contribution in [2.24, 2.45) is 5.41 Å². The first-order valence-corrected chi connectivity index (χ1v) is 7.05. The molecular weight excluding hydrogens is 311 g/mol. The van der Waals surface area contributed by atoms with Crippen molar-refractivity contribution in [3.05, 3.63) is 28.7 Å². The summed E-state index contributed by atoms with van der Waals surface area (Å²) in [4.78, 5) is 27.3. The van der Waals surface area contributed by atoms with Crippen molar-refractivity contribution in [1.82, 2.24) is 4.98 Å². The van der Waals surface area contributed by atoms with Gasteiger partial charge in [0.2, 0.25) is 11.7 Å². The molecule has 1 heterocycles. The van der Waals surface area contributed by atoms with Gasteiger partial charge in [-0.2, -0.15) is 4.39 Å². The lowest BCUT2D eigenvalue weighted by Crippen LogP contribution is -2.28. The van der Waals surface area contributed by atoms with E-state index in [1.54, 1.807) is 27.7 Å². The fourth-order valence-corrected chi connectivity index (χ4v) is 1.50. The first-order chi connectivity index (χ1) is 10.1. The number of hydrogen-bond donors (Lipinski definition) is 1. The maximum absolute atomic E-state index is 13.7. The molecule has 0 fully saturated rings. The summed E-state index contributed by atoms with van der Waals surface area (Å²) in [6, 6.07) is 2.88. The zero-order chi connectivity index (χ0) is 16.9. The van der Waals surface area contributed by atoms with Crippen molar-refractivity contribution in [1.29, 1.82) is 0 Å². The smallest absolute Gasteiger partial charge is 0.367 e. The summed E-state index contributed by atoms with van der Waals surface area (Å²) in [6.45, 7) is 6.81. The van der Waals surface area contributed by atoms with Crippen LogP contribution in [0.1, 0.15) is 33.3 Å². The molecule has 1 aromatic rings. The Bertz CT molecular complexity index is 609. The summed E-state index contributed by atoms with van der Waals surface area (Å²) in [7, 11) is 0. The van der Waals surface area contributed by atoms with Gasteiger partial charge in [0.1, 0.15) is 11.0 Å². The zero-order valence-electron chi connectivity index (χ0n) is 12.9. The third-order valence-electron chi connectivity index (χ3n) is 2.56. The van der Waals surface area contributed by atoms with E-state index in [0.29, 0.717) is 0 Å². The van der Waals surface area contributed by atoms with E-state index in [-0.39, 0.29) is 29.0 Å². The topological polar surface area (TPSA) is 68.3 Å². The maximum Gasteiger partial charge on any atom is 0.367 e. The number of amides is 1. The number of nitrogens with zero attached hydrogens (tertiary/aromatic N) is 1. The second kappa shape index (κ2) is 7.35. The van der Waals surface area contributed by atoms with Crippen molar-refractivity contribution in [2.75, 3.05) is 11.9 Å². The Kier molecular flexibility index (Phi) is 6.05. The molecule has 1 rings (SSSR count). The van der Waals surface area contributed by atoms with Crippen molar-refractivity contribution >= 4 is 35.4 Å². The highest BCUT2D eigenvalue weighted by Gasteiger charge is 2.23. The van der Waals surface area contributed by atoms with Gasteiger partial charge in [0.05, 0.1) is 6.61 Å². The summed E-state index contributed by atoms with van der Waals surface area (Å²) >= 11 is 5.79. The average molecular weight is 329 g/mol. The van der Waals surface area contributed by atoms with Crippen LogP contribution < -0.4 is 5.32 Å². The van der Waals surface area contributed by atoms with E-state index >= 15 is 0 Å². The number of hydrogen-bond acceptors (Lipinski definition) is 4. The monoisotopic (exact) mass is 328 g/mol. The quantitative estimate of drug-likeness (QED) is 0.521. The van der Waals surface area contributed by atoms with Crippen LogP contribution in [0.3, 0.4) is 0 Å². The number of esters is 1. The highest BCUT2D eigenvalue weighted by atomic mass is 35.5. The van der Waals surface area contributed by atoms with Crippen LogP contribution in [0.15, 0.2) is 18.0 Å². The van der Waals surface area contributed by atoms with E-state index in [1.807, 2.05) is 0 Å². The number of aromatic nitrogens is 1. The van der Waals surface area contributed by atoms with Crippen molar-refractivity contribution in [2.45, 2.75) is 27.7 Å². The van der Waals surface area contributed by atoms with Gasteiger partial charge in [-0.25, -0.2) is 9.78 Å². The fourth-order valence-electron chi connectivity index (χ4n) is 1.35. The first kappa shape index (κ1) is 18.1. The molecule has 0 unspecified atom stereocenters. The van der Waals surface area contributed by atoms with E-state index in [2.05, 4.69) is 15.0 Å². The van der Waals surface area contributed by atoms with E-state index in [1.165, 1.54) is 12.1 Å². The number of pyridine rings is 1. The Morgan fingerprint density at radius 1 is 1.41 bits per heavy atom. The highest BCUT2D eigenvalue weighted by molar-refractivity contribution is 6.29. The van der Waals surface area contributed by atoms with Gasteiger partial charge in [-0.3, -0.25) is 4.79 Å². The van der Waals surface area contributed by atoms with E-state index < -0.39 is 17.2 Å². The minimum absolute atomic E-state index is 0.0621. The lowest BCUT2D eigenvalue weighted by Gasteiger charge is -2.18. The molecule has 0 saturated carbocycles. The van der Waals surface area contributed by atoms with Crippen molar-refractivity contribution in [3.63, 3.8) is 0 Å². The second-order valence-corrected chi connectivity index (χ2v) is 5.88. The molecule has 0 aliphatic heterocycles. The maximum atomic E-state index is 13.7. The summed E-state index contributed by atoms with van der Waals surface area (Å²) in [5, 5.41) is 2.71. The molecule has 22 heavy (non-hydrogen) atoms. The van der Waals surface area contributed by atoms with Crippen LogP contribution in [-0.2, 0) is 14.3 Å². The summed E-state index contributed by atoms with van der Waals surface area (Å²) in [5.41, 5.74) is -0.447. The van der Waals surface area contributed by atoms with Crippen molar-refractivity contribution in [3.8, 4) is 0 Å². The van der Waals surface area contributed by atoms with Crippen LogP contribution in [0.25, 0.3) is 6.08 Å². The lowest BCUT2D eigenvalue weighted by atomic mass is 9.95. The Labute approximate surface area is 133 Å². The van der Waals surface area contributed by atoms with Gasteiger partial charge in [-0.05, 0) is 25.1 Å². The molecule has 0 saturated heterocycles. The molecule has 0 aliphatic carbocycles. The summed E-state index contributed by atoms with van der Waals surface area (Å²) in [6.07, 6.45) is 0.944. The number of rotatable bonds is 4. The predicted molar refractivity (Wildman–Crippen MR) is 83.0 cm³/mol. The normalized spacial score (nSPS) is 12.0. The number of halogens is 2. The van der Waals surface area contributed by atoms with Crippen LogP contribution >= 0.6 is 11.6 Å². The first-order valence-electron chi connectivity index (χ1n) is 6.67. The standard InChI is InChI=1S/C15H18ClFN2O3/c1-5-22-13(20)10(17)8-9-6-7-11(16)18-12(9)19-14(21)15(2,3)4/h6-8H,5H2,1-4H3,(H,18,19,21). The largest absolute Gasteiger partial charge is 0.461 e. The molecular formula is C15H18ClFN2O3. The Morgan fingerprint density at radius 3 is 2.59 bits per heavy atom. The molecule has 0 aromatic carbocycles. The van der Waals surface area contributed by atoms with Crippen LogP contribution in [0.4, 0.5) is 10.2 Å². The van der Waals surface area contributed by atoms with E-state index in [0.717, 1.165) is 6.08 Å². The van der Waals surface area contributed by atoms with Gasteiger partial charge < -0.3 is 10.1 Å². The molecule has 0 spiro atoms. The van der Waals surface area contributed by atoms with Crippen LogP contribution in [0.2, 0.25) is 5.15 Å². The number of anilines is 1. The van der Waals surface area contributed by atoms with Gasteiger partial charge in [-0.1, -0.05) is 32.4 Å². The van der Waals surface area contributed by atoms with Gasteiger partial charge >= 0.3 is 5.97 Å². The van der Waals surface area contributed by atoms with Crippen LogP contribution in [0, 0.1) is 5.41 Å². The second-order valence-electron chi connectivity index (χ2n) is 5.49. The van der Waals surface area contributed by atoms with Gasteiger partial charge in [0, 0.05) is 11.0 Å². The van der Waals surface area contributed by atoms with Gasteiger partial charge in [0.15, 0.2) is 0 Å². The van der Waals surface area contributed by atoms with Crippen molar-refractivity contribution < 1.29 is 18.7 Å². The molecule has 1 aromatic heterocycles. The number of carbonyl (C=O) groups excluding carboxylic acids is 2. The molecule has 0 bridgehead atoms. The van der Waals surface area contributed by atoms with Gasteiger partial charge in [-0.15, -0.1) is 0 Å². The minimum atomic E-state index is -1.09. The fraction of sp³-hybridized carbons (Fsp3) is 0.400. The SMILES string of the molecule is CCOC(=O)C(F)=Cc1ccc(Cl)nc1NC(=O)C(C)(C)C. The predicted octanol–water partition coefficient (Wildman–Crippen LogP) is 3.59. The van der Waals surface area contributed by atoms with E-state index in [9.17, 15) is 14.0 Å². The Morgan fingerprint density at radius 2 is 2.05 bits per heavy atom. The zero-order valence-corrected chi connectivity index (χ0v) is 13.6. The molecule has 120 valence electrons. The summed E-state index contributed by atoms with van der Waals surface area (Å²) in [5.74, 6) is -2.40. The molecule has 0 atom stereocenters. The molecule has 0 aliphatic rings. The number of nitrogens with one attached hydrogen (secondary N) is 1. The molecule has 5 nitrogen and oxygen atoms in total. The highest BCUT2D eigenvalue weighted by Crippen LogP contribution is 2.23. The Balaban J connectivity index is 3.13. The van der Waals surface area contributed by atoms with E-state index in [4.69, 9.17) is 11.6 Å². The third kappa shape index (κ3) is 5.11. The molecule has 1 N–H and O–H groups in total. The van der Waals surface area contributed by atoms with Crippen LogP contribution in [0.5, 0.6) is 0 Å². The van der Waals surface area contributed by atoms with Gasteiger partial charge in [0.25, 0.3) is 0 Å². The average Bonchev–Trinajstić information content (AvgIpc) is 2.40. The lowest BCUT2D eigenvalue weighted by molar-refractivity contribution is -0.140. The van der Waals surface area contributed by atoms with Crippen LogP contribution in [-0.4, -0.2) is 23.5 Å². The molecule has 1 amide bonds. The minimum Gasteiger partial charge on any atom is -0.461 e.